The minimum atomic E-state index is -0.242. The molecule has 0 spiro atoms. The normalized spacial score (nSPS) is 21.7. The Morgan fingerprint density at radius 1 is 1.47 bits per heavy atom. The summed E-state index contributed by atoms with van der Waals surface area (Å²) in [6.45, 7) is 1.61. The van der Waals surface area contributed by atoms with E-state index in [1.54, 1.807) is 6.07 Å². The number of nitrogens with zero attached hydrogens (tertiary/aromatic N) is 1. The van der Waals surface area contributed by atoms with Crippen LogP contribution in [0.15, 0.2) is 18.2 Å². The van der Waals surface area contributed by atoms with E-state index in [0.717, 1.165) is 25.1 Å². The molecule has 0 aromatic heterocycles. The molecule has 1 heterocycles. The smallest absolute Gasteiger partial charge is 0.0715 e. The number of aliphatic hydroxyl groups excluding tert-OH is 1. The number of aliphatic hydroxyl groups is 1. The molecular formula is C11H15ClN2O. The fourth-order valence-electron chi connectivity index (χ4n) is 1.99. The van der Waals surface area contributed by atoms with Gasteiger partial charge in [0.2, 0.25) is 0 Å². The number of hydrogen-bond donors (Lipinski definition) is 2. The molecule has 1 aromatic rings. The van der Waals surface area contributed by atoms with Crippen LogP contribution < -0.4 is 10.6 Å². The molecule has 82 valence electrons. The minimum Gasteiger partial charge on any atom is -0.397 e. The van der Waals surface area contributed by atoms with Crippen molar-refractivity contribution in [2.75, 3.05) is 23.7 Å². The molecule has 0 bridgehead atoms. The van der Waals surface area contributed by atoms with Crippen molar-refractivity contribution in [3.05, 3.63) is 23.2 Å². The Bertz CT molecular complexity index is 356. The maximum Gasteiger partial charge on any atom is 0.0715 e. The van der Waals surface area contributed by atoms with E-state index in [-0.39, 0.29) is 6.10 Å². The summed E-state index contributed by atoms with van der Waals surface area (Å²) in [5.74, 6) is 0. The number of nitrogens with two attached hydrogens (primary N) is 1. The van der Waals surface area contributed by atoms with Gasteiger partial charge in [-0.25, -0.2) is 0 Å². The lowest BCUT2D eigenvalue weighted by molar-refractivity contribution is 0.154. The van der Waals surface area contributed by atoms with Crippen molar-refractivity contribution in [1.29, 1.82) is 0 Å². The van der Waals surface area contributed by atoms with Gasteiger partial charge in [0.1, 0.15) is 0 Å². The minimum absolute atomic E-state index is 0.242. The first-order chi connectivity index (χ1) is 7.16. The van der Waals surface area contributed by atoms with Crippen molar-refractivity contribution in [2.24, 2.45) is 0 Å². The zero-order valence-electron chi connectivity index (χ0n) is 8.49. The molecule has 1 aromatic carbocycles. The summed E-state index contributed by atoms with van der Waals surface area (Å²) >= 11 is 5.84. The Morgan fingerprint density at radius 3 is 2.93 bits per heavy atom. The van der Waals surface area contributed by atoms with Gasteiger partial charge in [0.25, 0.3) is 0 Å². The Balaban J connectivity index is 2.21. The van der Waals surface area contributed by atoms with E-state index in [9.17, 15) is 5.11 Å². The molecule has 1 atom stereocenters. The Kier molecular flexibility index (Phi) is 3.03. The molecule has 1 fully saturated rings. The van der Waals surface area contributed by atoms with Crippen molar-refractivity contribution in [1.82, 2.24) is 0 Å². The Labute approximate surface area is 94.4 Å². The average Bonchev–Trinajstić information content (AvgIpc) is 2.17. The first-order valence-electron chi connectivity index (χ1n) is 5.15. The van der Waals surface area contributed by atoms with Crippen LogP contribution in [0.5, 0.6) is 0 Å². The molecule has 3 nitrogen and oxygen atoms in total. The highest BCUT2D eigenvalue weighted by molar-refractivity contribution is 6.31. The topological polar surface area (TPSA) is 49.5 Å². The molecule has 0 aliphatic carbocycles. The molecule has 3 N–H and O–H groups in total. The van der Waals surface area contributed by atoms with Crippen LogP contribution in [0, 0.1) is 0 Å². The molecule has 2 rings (SSSR count). The first-order valence-corrected chi connectivity index (χ1v) is 5.52. The van der Waals surface area contributed by atoms with Crippen LogP contribution in [-0.2, 0) is 0 Å². The Morgan fingerprint density at radius 2 is 2.27 bits per heavy atom. The second-order valence-electron chi connectivity index (χ2n) is 3.95. The van der Waals surface area contributed by atoms with Gasteiger partial charge in [-0.05, 0) is 31.0 Å². The summed E-state index contributed by atoms with van der Waals surface area (Å²) < 4.78 is 0. The molecule has 0 amide bonds. The highest BCUT2D eigenvalue weighted by Gasteiger charge is 2.19. The van der Waals surface area contributed by atoms with E-state index >= 15 is 0 Å². The fourth-order valence-corrected chi connectivity index (χ4v) is 2.17. The summed E-state index contributed by atoms with van der Waals surface area (Å²) in [4.78, 5) is 2.11. The van der Waals surface area contributed by atoms with Crippen LogP contribution in [0.3, 0.4) is 0 Å². The van der Waals surface area contributed by atoms with Gasteiger partial charge in [-0.3, -0.25) is 0 Å². The van der Waals surface area contributed by atoms with E-state index in [1.807, 2.05) is 12.1 Å². The number of piperidine rings is 1. The highest BCUT2D eigenvalue weighted by atomic mass is 35.5. The molecular weight excluding hydrogens is 212 g/mol. The summed E-state index contributed by atoms with van der Waals surface area (Å²) in [7, 11) is 0. The largest absolute Gasteiger partial charge is 0.397 e. The Hall–Kier alpha value is -0.930. The number of β-amino-alcohol motifs (C(OH)–C–C–N with tert-alkyl or cyclic N) is 1. The number of halogens is 1. The molecule has 1 unspecified atom stereocenters. The third kappa shape index (κ3) is 2.36. The number of anilines is 2. The van der Waals surface area contributed by atoms with E-state index in [4.69, 9.17) is 17.3 Å². The maximum atomic E-state index is 9.58. The van der Waals surface area contributed by atoms with Gasteiger partial charge >= 0.3 is 0 Å². The van der Waals surface area contributed by atoms with Crippen molar-refractivity contribution in [3.63, 3.8) is 0 Å². The zero-order valence-corrected chi connectivity index (χ0v) is 9.24. The average molecular weight is 227 g/mol. The monoisotopic (exact) mass is 226 g/mol. The lowest BCUT2D eigenvalue weighted by Gasteiger charge is -2.32. The lowest BCUT2D eigenvalue weighted by Crippen LogP contribution is -2.38. The standard InChI is InChI=1S/C11H15ClN2O/c12-8-3-4-11(10(13)6-8)14-5-1-2-9(15)7-14/h3-4,6,9,15H,1-2,5,7,13H2. The molecule has 0 saturated carbocycles. The van der Waals surface area contributed by atoms with Crippen LogP contribution in [0.1, 0.15) is 12.8 Å². The third-order valence-electron chi connectivity index (χ3n) is 2.73. The number of rotatable bonds is 1. The van der Waals surface area contributed by atoms with E-state index < -0.39 is 0 Å². The molecule has 0 radical (unpaired) electrons. The van der Waals surface area contributed by atoms with Gasteiger partial charge < -0.3 is 15.7 Å². The second-order valence-corrected chi connectivity index (χ2v) is 4.38. The summed E-state index contributed by atoms with van der Waals surface area (Å²) in [5, 5.41) is 10.2. The number of hydrogen-bond acceptors (Lipinski definition) is 3. The third-order valence-corrected chi connectivity index (χ3v) is 2.96. The van der Waals surface area contributed by atoms with Crippen molar-refractivity contribution >= 4 is 23.0 Å². The molecule has 1 aliphatic rings. The summed E-state index contributed by atoms with van der Waals surface area (Å²) in [6.07, 6.45) is 1.64. The van der Waals surface area contributed by atoms with Crippen LogP contribution in [0.4, 0.5) is 11.4 Å². The summed E-state index contributed by atoms with van der Waals surface area (Å²) in [5.41, 5.74) is 7.54. The fraction of sp³-hybridized carbons (Fsp3) is 0.455. The van der Waals surface area contributed by atoms with E-state index in [0.29, 0.717) is 17.3 Å². The predicted octanol–water partition coefficient (Wildman–Crippen LogP) is 1.88. The van der Waals surface area contributed by atoms with Crippen molar-refractivity contribution in [2.45, 2.75) is 18.9 Å². The van der Waals surface area contributed by atoms with Gasteiger partial charge in [-0.15, -0.1) is 0 Å². The number of nitrogen functional groups attached to an aromatic ring is 1. The van der Waals surface area contributed by atoms with Crippen LogP contribution >= 0.6 is 11.6 Å². The van der Waals surface area contributed by atoms with Gasteiger partial charge in [-0.1, -0.05) is 11.6 Å². The molecule has 15 heavy (non-hydrogen) atoms. The van der Waals surface area contributed by atoms with Gasteiger partial charge in [0.05, 0.1) is 17.5 Å². The first kappa shape index (κ1) is 10.6. The predicted molar refractivity (Wildman–Crippen MR) is 63.3 cm³/mol. The van der Waals surface area contributed by atoms with Gasteiger partial charge in [-0.2, -0.15) is 0 Å². The SMILES string of the molecule is Nc1cc(Cl)ccc1N1CCCC(O)C1. The van der Waals surface area contributed by atoms with Gasteiger partial charge in [0, 0.05) is 18.1 Å². The molecule has 1 aliphatic heterocycles. The second kappa shape index (κ2) is 4.29. The quantitative estimate of drug-likeness (QED) is 0.719. The molecule has 4 heteroatoms. The van der Waals surface area contributed by atoms with Crippen molar-refractivity contribution < 1.29 is 5.11 Å². The molecule has 1 saturated heterocycles. The van der Waals surface area contributed by atoms with Crippen LogP contribution in [-0.4, -0.2) is 24.3 Å². The van der Waals surface area contributed by atoms with Crippen LogP contribution in [0.25, 0.3) is 0 Å². The van der Waals surface area contributed by atoms with Crippen molar-refractivity contribution in [3.8, 4) is 0 Å². The van der Waals surface area contributed by atoms with Crippen LogP contribution in [0.2, 0.25) is 5.02 Å². The summed E-state index contributed by atoms with van der Waals surface area (Å²) in [6, 6.07) is 5.49. The number of benzene rings is 1. The van der Waals surface area contributed by atoms with E-state index in [1.165, 1.54) is 0 Å². The zero-order chi connectivity index (χ0) is 10.8. The maximum absolute atomic E-state index is 9.58. The lowest BCUT2D eigenvalue weighted by atomic mass is 10.1. The van der Waals surface area contributed by atoms with E-state index in [2.05, 4.69) is 4.90 Å². The highest BCUT2D eigenvalue weighted by Crippen LogP contribution is 2.28. The van der Waals surface area contributed by atoms with Gasteiger partial charge in [0.15, 0.2) is 0 Å².